The molecule has 2 aromatic rings. The van der Waals surface area contributed by atoms with E-state index in [9.17, 15) is 4.39 Å². The van der Waals surface area contributed by atoms with Crippen LogP contribution >= 0.6 is 11.6 Å². The second-order valence-corrected chi connectivity index (χ2v) is 3.78. The Morgan fingerprint density at radius 3 is 2.68 bits per heavy atom. The van der Waals surface area contributed by atoms with E-state index in [0.717, 1.165) is 0 Å². The van der Waals surface area contributed by atoms with Crippen molar-refractivity contribution in [3.8, 4) is 17.8 Å². The van der Waals surface area contributed by atoms with Gasteiger partial charge in [0.05, 0.1) is 11.6 Å². The zero-order valence-electron chi connectivity index (χ0n) is 9.93. The summed E-state index contributed by atoms with van der Waals surface area (Å²) in [5, 5.41) is -0.0652. The number of nitrogens with two attached hydrogens (primary N) is 1. The quantitative estimate of drug-likeness (QED) is 0.928. The van der Waals surface area contributed by atoms with Crippen LogP contribution in [0.15, 0.2) is 18.2 Å². The SMILES string of the molecule is CCOc1nc(N)nc(Oc2ccc(F)c(Cl)c2)n1. The van der Waals surface area contributed by atoms with Crippen molar-refractivity contribution in [3.63, 3.8) is 0 Å². The number of anilines is 1. The molecule has 0 saturated heterocycles. The van der Waals surface area contributed by atoms with Crippen molar-refractivity contribution in [1.29, 1.82) is 0 Å². The van der Waals surface area contributed by atoms with Crippen LogP contribution in [0, 0.1) is 5.82 Å². The second kappa shape index (κ2) is 5.66. The normalized spacial score (nSPS) is 10.3. The van der Waals surface area contributed by atoms with Crippen molar-refractivity contribution in [2.75, 3.05) is 12.3 Å². The molecule has 0 atom stereocenters. The van der Waals surface area contributed by atoms with Crippen molar-refractivity contribution < 1.29 is 13.9 Å². The fourth-order valence-electron chi connectivity index (χ4n) is 1.24. The van der Waals surface area contributed by atoms with Gasteiger partial charge in [-0.3, -0.25) is 0 Å². The lowest BCUT2D eigenvalue weighted by Gasteiger charge is -2.06. The van der Waals surface area contributed by atoms with Gasteiger partial charge in [-0.2, -0.15) is 9.97 Å². The van der Waals surface area contributed by atoms with E-state index >= 15 is 0 Å². The van der Waals surface area contributed by atoms with E-state index in [2.05, 4.69) is 15.0 Å². The number of hydrogen-bond donors (Lipinski definition) is 1. The van der Waals surface area contributed by atoms with E-state index in [1.54, 1.807) is 6.92 Å². The van der Waals surface area contributed by atoms with Crippen molar-refractivity contribution in [2.24, 2.45) is 0 Å². The lowest BCUT2D eigenvalue weighted by atomic mass is 10.3. The molecule has 0 aliphatic heterocycles. The van der Waals surface area contributed by atoms with Crippen molar-refractivity contribution in [2.45, 2.75) is 6.92 Å². The first-order valence-electron chi connectivity index (χ1n) is 5.35. The number of benzene rings is 1. The molecular formula is C11H10ClFN4O2. The average molecular weight is 285 g/mol. The lowest BCUT2D eigenvalue weighted by molar-refractivity contribution is 0.304. The average Bonchev–Trinajstić information content (AvgIpc) is 2.33. The second-order valence-electron chi connectivity index (χ2n) is 3.37. The smallest absolute Gasteiger partial charge is 0.330 e. The largest absolute Gasteiger partial charge is 0.464 e. The molecule has 1 aromatic heterocycles. The van der Waals surface area contributed by atoms with Crippen molar-refractivity contribution >= 4 is 17.5 Å². The molecule has 1 aromatic carbocycles. The fourth-order valence-corrected chi connectivity index (χ4v) is 1.41. The van der Waals surface area contributed by atoms with Gasteiger partial charge in [0.25, 0.3) is 0 Å². The summed E-state index contributed by atoms with van der Waals surface area (Å²) in [6.07, 6.45) is 0. The molecule has 6 nitrogen and oxygen atoms in total. The minimum atomic E-state index is -0.542. The number of nitrogen functional groups attached to an aromatic ring is 1. The first-order chi connectivity index (χ1) is 9.08. The maximum atomic E-state index is 13.0. The van der Waals surface area contributed by atoms with Crippen LogP contribution < -0.4 is 15.2 Å². The van der Waals surface area contributed by atoms with Gasteiger partial charge in [0.1, 0.15) is 11.6 Å². The molecule has 0 radical (unpaired) electrons. The molecule has 0 spiro atoms. The van der Waals surface area contributed by atoms with Crippen LogP contribution in [0.25, 0.3) is 0 Å². The standard InChI is InChI=1S/C11H10ClFN4O2/c1-2-18-10-15-9(14)16-11(17-10)19-6-3-4-8(13)7(12)5-6/h3-5H,2H2,1H3,(H2,14,15,16,17). The molecule has 0 aliphatic carbocycles. The summed E-state index contributed by atoms with van der Waals surface area (Å²) in [5.41, 5.74) is 5.49. The Balaban J connectivity index is 2.24. The van der Waals surface area contributed by atoms with Gasteiger partial charge in [0, 0.05) is 6.07 Å². The zero-order chi connectivity index (χ0) is 13.8. The zero-order valence-corrected chi connectivity index (χ0v) is 10.7. The molecular weight excluding hydrogens is 275 g/mol. The Morgan fingerprint density at radius 2 is 2.00 bits per heavy atom. The molecule has 2 N–H and O–H groups in total. The minimum absolute atomic E-state index is 0.0401. The summed E-state index contributed by atoms with van der Waals surface area (Å²) < 4.78 is 23.4. The monoisotopic (exact) mass is 284 g/mol. The summed E-state index contributed by atoms with van der Waals surface area (Å²) in [6, 6.07) is 3.86. The summed E-state index contributed by atoms with van der Waals surface area (Å²) in [4.78, 5) is 11.4. The Bertz CT molecular complexity index is 597. The van der Waals surface area contributed by atoms with Crippen LogP contribution in [0.3, 0.4) is 0 Å². The first kappa shape index (κ1) is 13.3. The number of hydrogen-bond acceptors (Lipinski definition) is 6. The summed E-state index contributed by atoms with van der Waals surface area (Å²) >= 11 is 5.63. The summed E-state index contributed by atoms with van der Waals surface area (Å²) in [7, 11) is 0. The van der Waals surface area contributed by atoms with E-state index in [0.29, 0.717) is 6.61 Å². The van der Waals surface area contributed by atoms with Gasteiger partial charge in [-0.25, -0.2) is 4.39 Å². The molecule has 100 valence electrons. The highest BCUT2D eigenvalue weighted by Gasteiger charge is 2.09. The number of rotatable bonds is 4. The van der Waals surface area contributed by atoms with Crippen LogP contribution in [-0.4, -0.2) is 21.6 Å². The molecule has 0 saturated carbocycles. The number of aromatic nitrogens is 3. The maximum Gasteiger partial charge on any atom is 0.330 e. The Morgan fingerprint density at radius 1 is 1.26 bits per heavy atom. The van der Waals surface area contributed by atoms with Gasteiger partial charge in [-0.05, 0) is 19.1 Å². The third-order valence-electron chi connectivity index (χ3n) is 1.99. The van der Waals surface area contributed by atoms with Gasteiger partial charge in [0.15, 0.2) is 0 Å². The molecule has 0 unspecified atom stereocenters. The van der Waals surface area contributed by atoms with Gasteiger partial charge < -0.3 is 15.2 Å². The van der Waals surface area contributed by atoms with E-state index < -0.39 is 5.82 Å². The minimum Gasteiger partial charge on any atom is -0.464 e. The van der Waals surface area contributed by atoms with E-state index in [1.165, 1.54) is 18.2 Å². The Labute approximate surface area is 113 Å². The Hall–Kier alpha value is -2.15. The van der Waals surface area contributed by atoms with Crippen LogP contribution in [0.5, 0.6) is 17.8 Å². The third kappa shape index (κ3) is 3.41. The highest BCUT2D eigenvalue weighted by atomic mass is 35.5. The maximum absolute atomic E-state index is 13.0. The van der Waals surface area contributed by atoms with Gasteiger partial charge >= 0.3 is 12.0 Å². The highest BCUT2D eigenvalue weighted by molar-refractivity contribution is 6.30. The first-order valence-corrected chi connectivity index (χ1v) is 5.73. The molecule has 0 aliphatic rings. The lowest BCUT2D eigenvalue weighted by Crippen LogP contribution is -2.04. The highest BCUT2D eigenvalue weighted by Crippen LogP contribution is 2.25. The van der Waals surface area contributed by atoms with Gasteiger partial charge in [-0.1, -0.05) is 11.6 Å². The summed E-state index contributed by atoms with van der Waals surface area (Å²) in [6.45, 7) is 2.16. The molecule has 19 heavy (non-hydrogen) atoms. The van der Waals surface area contributed by atoms with Crippen LogP contribution in [0.2, 0.25) is 5.02 Å². The topological polar surface area (TPSA) is 83.2 Å². The predicted octanol–water partition coefficient (Wildman–Crippen LogP) is 2.44. The molecule has 1 heterocycles. The molecule has 0 fully saturated rings. The molecule has 0 bridgehead atoms. The van der Waals surface area contributed by atoms with Gasteiger partial charge in [0.2, 0.25) is 5.95 Å². The van der Waals surface area contributed by atoms with E-state index in [4.69, 9.17) is 26.8 Å². The number of ether oxygens (including phenoxy) is 2. The van der Waals surface area contributed by atoms with E-state index in [-0.39, 0.29) is 28.7 Å². The third-order valence-corrected chi connectivity index (χ3v) is 2.27. The number of halogens is 2. The van der Waals surface area contributed by atoms with Crippen LogP contribution in [-0.2, 0) is 0 Å². The van der Waals surface area contributed by atoms with E-state index in [1.807, 2.05) is 0 Å². The predicted molar refractivity (Wildman–Crippen MR) is 66.9 cm³/mol. The Kier molecular flexibility index (Phi) is 3.96. The van der Waals surface area contributed by atoms with Crippen molar-refractivity contribution in [3.05, 3.63) is 29.0 Å². The van der Waals surface area contributed by atoms with Crippen LogP contribution in [0.1, 0.15) is 6.92 Å². The molecule has 2 rings (SSSR count). The van der Waals surface area contributed by atoms with Gasteiger partial charge in [-0.15, -0.1) is 4.98 Å². The van der Waals surface area contributed by atoms with Crippen molar-refractivity contribution in [1.82, 2.24) is 15.0 Å². The molecule has 0 amide bonds. The van der Waals surface area contributed by atoms with Crippen LogP contribution in [0.4, 0.5) is 10.3 Å². The summed E-state index contributed by atoms with van der Waals surface area (Å²) in [5.74, 6) is -0.305. The number of nitrogens with zero attached hydrogens (tertiary/aromatic N) is 3. The molecule has 8 heteroatoms. The fraction of sp³-hybridized carbons (Fsp3) is 0.182.